The van der Waals surface area contributed by atoms with Crippen molar-refractivity contribution in [3.8, 4) is 45.4 Å². The summed E-state index contributed by atoms with van der Waals surface area (Å²) in [4.78, 5) is 20.5. The predicted molar refractivity (Wildman–Crippen MR) is 199 cm³/mol. The summed E-state index contributed by atoms with van der Waals surface area (Å²) < 4.78 is 6.60. The summed E-state index contributed by atoms with van der Waals surface area (Å²) >= 11 is 0. The molecule has 0 N–H and O–H groups in total. The number of pyridine rings is 1. The summed E-state index contributed by atoms with van der Waals surface area (Å²) in [6.45, 7) is 0. The highest BCUT2D eigenvalue weighted by Crippen LogP contribution is 2.41. The third kappa shape index (κ3) is 4.48. The largest absolute Gasteiger partial charge is 0.455 e. The average molecular weight is 627 g/mol. The molecule has 10 aromatic rings. The van der Waals surface area contributed by atoms with Crippen molar-refractivity contribution < 1.29 is 4.42 Å². The third-order valence-corrected chi connectivity index (χ3v) is 9.29. The summed E-state index contributed by atoms with van der Waals surface area (Å²) in [6.07, 6.45) is 0. The van der Waals surface area contributed by atoms with Crippen molar-refractivity contribution in [3.05, 3.63) is 158 Å². The molecule has 7 aromatic carbocycles. The van der Waals surface area contributed by atoms with Gasteiger partial charge in [0.1, 0.15) is 11.2 Å². The molecular weight excluding hydrogens is 601 g/mol. The second-order valence-electron chi connectivity index (χ2n) is 12.2. The van der Waals surface area contributed by atoms with Gasteiger partial charge in [-0.3, -0.25) is 0 Å². The Kier molecular flexibility index (Phi) is 6.11. The van der Waals surface area contributed by atoms with Gasteiger partial charge in [0.15, 0.2) is 17.5 Å². The molecule has 0 amide bonds. The molecule has 0 radical (unpaired) electrons. The Hall–Kier alpha value is -6.72. The molecule has 0 aliphatic rings. The first kappa shape index (κ1) is 27.4. The lowest BCUT2D eigenvalue weighted by atomic mass is 9.97. The van der Waals surface area contributed by atoms with E-state index in [-0.39, 0.29) is 0 Å². The number of hydrogen-bond donors (Lipinski definition) is 0. The summed E-state index contributed by atoms with van der Waals surface area (Å²) in [7, 11) is 0. The van der Waals surface area contributed by atoms with Gasteiger partial charge >= 0.3 is 0 Å². The number of fused-ring (bicyclic) bond motifs is 8. The number of rotatable bonds is 4. The molecule has 3 aromatic heterocycles. The average Bonchev–Trinajstić information content (AvgIpc) is 3.57. The summed E-state index contributed by atoms with van der Waals surface area (Å²) in [6, 6.07) is 53.9. The molecule has 0 spiro atoms. The smallest absolute Gasteiger partial charge is 0.164 e. The Morgan fingerprint density at radius 2 is 1.00 bits per heavy atom. The Morgan fingerprint density at radius 3 is 1.80 bits per heavy atom. The summed E-state index contributed by atoms with van der Waals surface area (Å²) in [5, 5.41) is 7.51. The Morgan fingerprint density at radius 1 is 0.388 bits per heavy atom. The van der Waals surface area contributed by atoms with Crippen LogP contribution in [0.3, 0.4) is 0 Å². The standard InChI is InChI=1S/C44H26N4O/c1-3-13-27(14-4-1)40-39-36-26-30(23-24-38(36)49-41(39)34-21-11-12-22-37(34)45-40)43-46-42(28-15-5-2-6-16-28)47-44(48-43)35-25-29-17-7-8-18-31(29)32-19-9-10-20-33(32)35/h1-26H. The molecule has 5 heteroatoms. The molecule has 0 saturated carbocycles. The lowest BCUT2D eigenvalue weighted by Crippen LogP contribution is -2.00. The minimum Gasteiger partial charge on any atom is -0.455 e. The maximum Gasteiger partial charge on any atom is 0.164 e. The molecule has 0 bridgehead atoms. The molecule has 0 saturated heterocycles. The van der Waals surface area contributed by atoms with Crippen molar-refractivity contribution >= 4 is 54.4 Å². The topological polar surface area (TPSA) is 64.7 Å². The van der Waals surface area contributed by atoms with E-state index >= 15 is 0 Å². The van der Waals surface area contributed by atoms with Crippen LogP contribution >= 0.6 is 0 Å². The fraction of sp³-hybridized carbons (Fsp3) is 0. The Labute approximate surface area is 281 Å². The van der Waals surface area contributed by atoms with Gasteiger partial charge in [-0.25, -0.2) is 19.9 Å². The first-order chi connectivity index (χ1) is 24.3. The number of nitrogens with zero attached hydrogens (tertiary/aromatic N) is 4. The quantitative estimate of drug-likeness (QED) is 0.182. The van der Waals surface area contributed by atoms with E-state index < -0.39 is 0 Å². The minimum absolute atomic E-state index is 0.590. The van der Waals surface area contributed by atoms with Crippen LogP contribution < -0.4 is 0 Å². The van der Waals surface area contributed by atoms with Gasteiger partial charge in [-0.15, -0.1) is 0 Å². The predicted octanol–water partition coefficient (Wildman–Crippen LogP) is 11.3. The van der Waals surface area contributed by atoms with Gasteiger partial charge in [-0.1, -0.05) is 121 Å². The molecule has 3 heterocycles. The maximum absolute atomic E-state index is 6.60. The highest BCUT2D eigenvalue weighted by molar-refractivity contribution is 6.19. The van der Waals surface area contributed by atoms with Crippen LogP contribution in [0.25, 0.3) is 99.8 Å². The molecule has 49 heavy (non-hydrogen) atoms. The molecular formula is C44H26N4O. The molecule has 0 aliphatic carbocycles. The van der Waals surface area contributed by atoms with Gasteiger partial charge < -0.3 is 4.42 Å². The van der Waals surface area contributed by atoms with E-state index in [0.717, 1.165) is 71.6 Å². The third-order valence-electron chi connectivity index (χ3n) is 9.29. The zero-order valence-corrected chi connectivity index (χ0v) is 26.2. The van der Waals surface area contributed by atoms with Crippen LogP contribution in [0.5, 0.6) is 0 Å². The van der Waals surface area contributed by atoms with Crippen LogP contribution in [0.15, 0.2) is 162 Å². The number of benzene rings is 7. The van der Waals surface area contributed by atoms with Crippen molar-refractivity contribution in [2.24, 2.45) is 0 Å². The van der Waals surface area contributed by atoms with E-state index in [1.165, 1.54) is 10.8 Å². The maximum atomic E-state index is 6.60. The monoisotopic (exact) mass is 626 g/mol. The van der Waals surface area contributed by atoms with Crippen molar-refractivity contribution in [1.29, 1.82) is 0 Å². The van der Waals surface area contributed by atoms with Gasteiger partial charge in [0.05, 0.1) is 16.6 Å². The van der Waals surface area contributed by atoms with Gasteiger partial charge in [0, 0.05) is 33.0 Å². The van der Waals surface area contributed by atoms with Crippen LogP contribution in [-0.2, 0) is 0 Å². The van der Waals surface area contributed by atoms with E-state index in [2.05, 4.69) is 78.9 Å². The van der Waals surface area contributed by atoms with Crippen LogP contribution in [0, 0.1) is 0 Å². The van der Waals surface area contributed by atoms with E-state index in [4.69, 9.17) is 24.4 Å². The van der Waals surface area contributed by atoms with Crippen molar-refractivity contribution in [1.82, 2.24) is 19.9 Å². The normalized spacial score (nSPS) is 11.7. The van der Waals surface area contributed by atoms with Crippen molar-refractivity contribution in [2.45, 2.75) is 0 Å². The second kappa shape index (κ2) is 10.9. The van der Waals surface area contributed by atoms with Crippen molar-refractivity contribution in [3.63, 3.8) is 0 Å². The number of hydrogen-bond acceptors (Lipinski definition) is 5. The highest BCUT2D eigenvalue weighted by atomic mass is 16.3. The van der Waals surface area contributed by atoms with Gasteiger partial charge in [-0.2, -0.15) is 0 Å². The van der Waals surface area contributed by atoms with Crippen LogP contribution in [0.1, 0.15) is 0 Å². The Balaban J connectivity index is 1.25. The fourth-order valence-corrected chi connectivity index (χ4v) is 6.99. The SMILES string of the molecule is c1ccc(-c2nc(-c3ccc4oc5c6ccccc6nc(-c6ccccc6)c5c4c3)nc(-c3cc4ccccc4c4ccccc34)n2)cc1. The zero-order valence-electron chi connectivity index (χ0n) is 26.2. The van der Waals surface area contributed by atoms with Crippen LogP contribution in [0.2, 0.25) is 0 Å². The lowest BCUT2D eigenvalue weighted by molar-refractivity contribution is 0.672. The van der Waals surface area contributed by atoms with E-state index in [1.807, 2.05) is 78.9 Å². The molecule has 10 rings (SSSR count). The van der Waals surface area contributed by atoms with E-state index in [9.17, 15) is 0 Å². The summed E-state index contributed by atoms with van der Waals surface area (Å²) in [5.41, 5.74) is 7.17. The van der Waals surface area contributed by atoms with E-state index in [1.54, 1.807) is 0 Å². The zero-order chi connectivity index (χ0) is 32.3. The van der Waals surface area contributed by atoms with Gasteiger partial charge in [0.25, 0.3) is 0 Å². The molecule has 0 unspecified atom stereocenters. The highest BCUT2D eigenvalue weighted by Gasteiger charge is 2.20. The lowest BCUT2D eigenvalue weighted by Gasteiger charge is -2.12. The number of furan rings is 1. The fourth-order valence-electron chi connectivity index (χ4n) is 6.99. The minimum atomic E-state index is 0.590. The van der Waals surface area contributed by atoms with Crippen LogP contribution in [0.4, 0.5) is 0 Å². The second-order valence-corrected chi connectivity index (χ2v) is 12.2. The first-order valence-electron chi connectivity index (χ1n) is 16.3. The van der Waals surface area contributed by atoms with Crippen molar-refractivity contribution in [2.75, 3.05) is 0 Å². The summed E-state index contributed by atoms with van der Waals surface area (Å²) in [5.74, 6) is 1.83. The number of aromatic nitrogens is 4. The van der Waals surface area contributed by atoms with Gasteiger partial charge in [0.2, 0.25) is 0 Å². The molecule has 0 fully saturated rings. The molecule has 5 nitrogen and oxygen atoms in total. The molecule has 228 valence electrons. The molecule has 0 aliphatic heterocycles. The van der Waals surface area contributed by atoms with Crippen LogP contribution in [-0.4, -0.2) is 19.9 Å². The Bertz CT molecular complexity index is 2880. The number of para-hydroxylation sites is 1. The molecule has 0 atom stereocenters. The van der Waals surface area contributed by atoms with E-state index in [0.29, 0.717) is 17.5 Å². The first-order valence-corrected chi connectivity index (χ1v) is 16.3. The van der Waals surface area contributed by atoms with Gasteiger partial charge in [-0.05, 0) is 57.9 Å².